The highest BCUT2D eigenvalue weighted by molar-refractivity contribution is 9.10. The zero-order valence-electron chi connectivity index (χ0n) is 12.4. The Hall–Kier alpha value is -1.85. The molecule has 0 aliphatic heterocycles. The van der Waals surface area contributed by atoms with Gasteiger partial charge in [-0.15, -0.1) is 0 Å². The number of anilines is 1. The summed E-state index contributed by atoms with van der Waals surface area (Å²) in [6, 6.07) is 15.4. The van der Waals surface area contributed by atoms with Crippen molar-refractivity contribution < 1.29 is 9.53 Å². The predicted molar refractivity (Wildman–Crippen MR) is 92.1 cm³/mol. The third-order valence-electron chi connectivity index (χ3n) is 3.15. The van der Waals surface area contributed by atoms with Crippen LogP contribution < -0.4 is 15.4 Å². The summed E-state index contributed by atoms with van der Waals surface area (Å²) in [6.45, 7) is 1.28. The van der Waals surface area contributed by atoms with Crippen LogP contribution in [0.1, 0.15) is 12.0 Å². The summed E-state index contributed by atoms with van der Waals surface area (Å²) in [5, 5.41) is 6.12. The molecule has 0 atom stereocenters. The van der Waals surface area contributed by atoms with Gasteiger partial charge in [0.1, 0.15) is 5.75 Å². The standard InChI is InChI=1S/C17H19BrN2O2/c1-22-16-8-3-2-5-13(16)12-19-10-9-17(21)20-15-7-4-6-14(18)11-15/h2-8,11,19H,9-10,12H2,1H3,(H,20,21). The molecule has 0 saturated carbocycles. The van der Waals surface area contributed by atoms with E-state index in [0.29, 0.717) is 19.5 Å². The molecule has 0 aromatic heterocycles. The predicted octanol–water partition coefficient (Wildman–Crippen LogP) is 3.58. The lowest BCUT2D eigenvalue weighted by Crippen LogP contribution is -2.21. The van der Waals surface area contributed by atoms with Crippen molar-refractivity contribution in [3.63, 3.8) is 0 Å². The highest BCUT2D eigenvalue weighted by Gasteiger charge is 2.04. The average Bonchev–Trinajstić information content (AvgIpc) is 2.52. The number of carbonyl (C=O) groups excluding carboxylic acids is 1. The fraction of sp³-hybridized carbons (Fsp3) is 0.235. The van der Waals surface area contributed by atoms with Crippen molar-refractivity contribution in [2.75, 3.05) is 19.0 Å². The molecule has 2 N–H and O–H groups in total. The number of nitrogens with one attached hydrogen (secondary N) is 2. The van der Waals surface area contributed by atoms with Crippen LogP contribution in [0, 0.1) is 0 Å². The fourth-order valence-electron chi connectivity index (χ4n) is 2.06. The van der Waals surface area contributed by atoms with Gasteiger partial charge in [0.25, 0.3) is 0 Å². The maximum absolute atomic E-state index is 11.9. The number of methoxy groups -OCH3 is 1. The molecule has 0 unspecified atom stereocenters. The SMILES string of the molecule is COc1ccccc1CNCCC(=O)Nc1cccc(Br)c1. The van der Waals surface area contributed by atoms with Crippen molar-refractivity contribution >= 4 is 27.5 Å². The molecule has 2 rings (SSSR count). The molecular formula is C17H19BrN2O2. The van der Waals surface area contributed by atoms with E-state index in [1.165, 1.54) is 0 Å². The van der Waals surface area contributed by atoms with Crippen LogP contribution in [0.15, 0.2) is 53.0 Å². The second-order valence-corrected chi connectivity index (χ2v) is 5.71. The van der Waals surface area contributed by atoms with E-state index in [9.17, 15) is 4.79 Å². The zero-order chi connectivity index (χ0) is 15.8. The monoisotopic (exact) mass is 362 g/mol. The van der Waals surface area contributed by atoms with E-state index in [4.69, 9.17) is 4.74 Å². The van der Waals surface area contributed by atoms with Crippen molar-refractivity contribution in [3.8, 4) is 5.75 Å². The van der Waals surface area contributed by atoms with Crippen LogP contribution in [0.2, 0.25) is 0 Å². The minimum absolute atomic E-state index is 0.00868. The van der Waals surface area contributed by atoms with Gasteiger partial charge in [-0.1, -0.05) is 40.2 Å². The van der Waals surface area contributed by atoms with Gasteiger partial charge in [-0.2, -0.15) is 0 Å². The Morgan fingerprint density at radius 2 is 2.00 bits per heavy atom. The zero-order valence-corrected chi connectivity index (χ0v) is 14.0. The number of hydrogen-bond acceptors (Lipinski definition) is 3. The first-order chi connectivity index (χ1) is 10.7. The number of halogens is 1. The lowest BCUT2D eigenvalue weighted by Gasteiger charge is -2.09. The minimum atomic E-state index is -0.00868. The number of benzene rings is 2. The van der Waals surface area contributed by atoms with Crippen LogP contribution in [-0.2, 0) is 11.3 Å². The number of amides is 1. The highest BCUT2D eigenvalue weighted by atomic mass is 79.9. The molecular weight excluding hydrogens is 344 g/mol. The Morgan fingerprint density at radius 3 is 2.77 bits per heavy atom. The maximum atomic E-state index is 11.9. The highest BCUT2D eigenvalue weighted by Crippen LogP contribution is 2.17. The molecule has 0 aliphatic carbocycles. The summed E-state index contributed by atoms with van der Waals surface area (Å²) in [6.07, 6.45) is 0.418. The molecule has 2 aromatic carbocycles. The molecule has 0 heterocycles. The van der Waals surface area contributed by atoms with Crippen LogP contribution in [0.4, 0.5) is 5.69 Å². The minimum Gasteiger partial charge on any atom is -0.496 e. The molecule has 5 heteroatoms. The summed E-state index contributed by atoms with van der Waals surface area (Å²) in [5.74, 6) is 0.846. The van der Waals surface area contributed by atoms with E-state index in [0.717, 1.165) is 21.5 Å². The van der Waals surface area contributed by atoms with Crippen LogP contribution in [0.25, 0.3) is 0 Å². The van der Waals surface area contributed by atoms with Gasteiger partial charge < -0.3 is 15.4 Å². The average molecular weight is 363 g/mol. The van der Waals surface area contributed by atoms with Gasteiger partial charge in [-0.05, 0) is 24.3 Å². The summed E-state index contributed by atoms with van der Waals surface area (Å²) in [4.78, 5) is 11.9. The van der Waals surface area contributed by atoms with Crippen molar-refractivity contribution in [1.29, 1.82) is 0 Å². The Labute approximate surface area is 139 Å². The van der Waals surface area contributed by atoms with E-state index < -0.39 is 0 Å². The molecule has 0 spiro atoms. The summed E-state index contributed by atoms with van der Waals surface area (Å²) in [5.41, 5.74) is 1.88. The van der Waals surface area contributed by atoms with Gasteiger partial charge in [0.15, 0.2) is 0 Å². The van der Waals surface area contributed by atoms with Gasteiger partial charge in [0.2, 0.25) is 5.91 Å². The molecule has 4 nitrogen and oxygen atoms in total. The van der Waals surface area contributed by atoms with Crippen molar-refractivity contribution in [1.82, 2.24) is 5.32 Å². The van der Waals surface area contributed by atoms with E-state index in [-0.39, 0.29) is 5.91 Å². The Balaban J connectivity index is 1.73. The smallest absolute Gasteiger partial charge is 0.225 e. The Morgan fingerprint density at radius 1 is 1.18 bits per heavy atom. The van der Waals surface area contributed by atoms with Crippen molar-refractivity contribution in [2.45, 2.75) is 13.0 Å². The van der Waals surface area contributed by atoms with Crippen LogP contribution >= 0.6 is 15.9 Å². The second-order valence-electron chi connectivity index (χ2n) is 4.80. The molecule has 0 radical (unpaired) electrons. The van der Waals surface area contributed by atoms with Crippen molar-refractivity contribution in [3.05, 3.63) is 58.6 Å². The van der Waals surface area contributed by atoms with Gasteiger partial charge >= 0.3 is 0 Å². The number of hydrogen-bond donors (Lipinski definition) is 2. The molecule has 22 heavy (non-hydrogen) atoms. The summed E-state index contributed by atoms with van der Waals surface area (Å²) >= 11 is 3.38. The van der Waals surface area contributed by atoms with E-state index in [1.54, 1.807) is 7.11 Å². The van der Waals surface area contributed by atoms with Gasteiger partial charge in [-0.3, -0.25) is 4.79 Å². The molecule has 116 valence electrons. The number of ether oxygens (including phenoxy) is 1. The quantitative estimate of drug-likeness (QED) is 0.740. The normalized spacial score (nSPS) is 10.3. The third-order valence-corrected chi connectivity index (χ3v) is 3.64. The molecule has 0 bridgehead atoms. The first kappa shape index (κ1) is 16.5. The topological polar surface area (TPSA) is 50.4 Å². The Bertz CT molecular complexity index is 632. The molecule has 0 fully saturated rings. The summed E-state index contributed by atoms with van der Waals surface area (Å²) in [7, 11) is 1.66. The van der Waals surface area contributed by atoms with E-state index in [2.05, 4.69) is 26.6 Å². The van der Waals surface area contributed by atoms with Gasteiger partial charge in [0, 0.05) is 35.2 Å². The second kappa shape index (κ2) is 8.56. The molecule has 2 aromatic rings. The number of carbonyl (C=O) groups is 1. The van der Waals surface area contributed by atoms with Crippen LogP contribution in [0.5, 0.6) is 5.75 Å². The lowest BCUT2D eigenvalue weighted by molar-refractivity contribution is -0.116. The van der Waals surface area contributed by atoms with Crippen LogP contribution in [0.3, 0.4) is 0 Å². The maximum Gasteiger partial charge on any atom is 0.225 e. The largest absolute Gasteiger partial charge is 0.496 e. The van der Waals surface area contributed by atoms with Gasteiger partial charge in [0.05, 0.1) is 7.11 Å². The number of para-hydroxylation sites is 1. The first-order valence-corrected chi connectivity index (χ1v) is 7.86. The first-order valence-electron chi connectivity index (χ1n) is 7.07. The van der Waals surface area contributed by atoms with E-state index >= 15 is 0 Å². The summed E-state index contributed by atoms with van der Waals surface area (Å²) < 4.78 is 6.23. The lowest BCUT2D eigenvalue weighted by atomic mass is 10.2. The fourth-order valence-corrected chi connectivity index (χ4v) is 2.46. The van der Waals surface area contributed by atoms with E-state index in [1.807, 2.05) is 48.5 Å². The van der Waals surface area contributed by atoms with Crippen molar-refractivity contribution in [2.24, 2.45) is 0 Å². The molecule has 0 saturated heterocycles. The molecule has 0 aliphatic rings. The number of rotatable bonds is 7. The van der Waals surface area contributed by atoms with Crippen LogP contribution in [-0.4, -0.2) is 19.6 Å². The molecule has 1 amide bonds. The van der Waals surface area contributed by atoms with Gasteiger partial charge in [-0.25, -0.2) is 0 Å². The third kappa shape index (κ3) is 5.16. The Kier molecular flexibility index (Phi) is 6.43.